The Balaban J connectivity index is 2.42. The topological polar surface area (TPSA) is 40.5 Å². The molecule has 106 valence electrons. The first-order chi connectivity index (χ1) is 9.53. The van der Waals surface area contributed by atoms with E-state index < -0.39 is 5.72 Å². The van der Waals surface area contributed by atoms with Crippen LogP contribution in [0.1, 0.15) is 56.0 Å². The summed E-state index contributed by atoms with van der Waals surface area (Å²) in [6, 6.07) is 10.1. The third-order valence-electron chi connectivity index (χ3n) is 3.75. The van der Waals surface area contributed by atoms with Gasteiger partial charge in [0, 0.05) is 29.5 Å². The average molecular weight is 271 g/mol. The van der Waals surface area contributed by atoms with Crippen LogP contribution in [0.2, 0.25) is 0 Å². The number of amides is 1. The molecule has 2 rings (SSSR count). The minimum atomic E-state index is -1.33. The molecule has 1 aromatic carbocycles. The summed E-state index contributed by atoms with van der Waals surface area (Å²) in [5.74, 6) is 2.66. The van der Waals surface area contributed by atoms with Crippen molar-refractivity contribution >= 4 is 5.91 Å². The average Bonchev–Trinajstić information content (AvgIpc) is 2.66. The van der Waals surface area contributed by atoms with Crippen molar-refractivity contribution in [2.24, 2.45) is 5.92 Å². The van der Waals surface area contributed by atoms with E-state index >= 15 is 0 Å². The molecule has 0 aliphatic carbocycles. The second-order valence-electron chi connectivity index (χ2n) is 5.46. The summed E-state index contributed by atoms with van der Waals surface area (Å²) < 4.78 is 0. The number of hydrogen-bond acceptors (Lipinski definition) is 2. The van der Waals surface area contributed by atoms with E-state index in [0.29, 0.717) is 11.1 Å². The van der Waals surface area contributed by atoms with Gasteiger partial charge in [-0.25, -0.2) is 4.90 Å². The number of rotatable bonds is 3. The monoisotopic (exact) mass is 271 g/mol. The molecule has 0 spiro atoms. The molecule has 3 heteroatoms. The maximum atomic E-state index is 12.4. The number of unbranched alkanes of at least 4 members (excludes halogenated alkanes) is 2. The highest BCUT2D eigenvalue weighted by Crippen LogP contribution is 2.41. The first kappa shape index (κ1) is 14.6. The number of fused-ring (bicyclic) bond motifs is 1. The molecule has 0 radical (unpaired) electrons. The summed E-state index contributed by atoms with van der Waals surface area (Å²) in [5, 5.41) is 11.0. The highest BCUT2D eigenvalue weighted by atomic mass is 16.3. The van der Waals surface area contributed by atoms with E-state index in [9.17, 15) is 9.90 Å². The molecule has 1 N–H and O–H groups in total. The van der Waals surface area contributed by atoms with Crippen molar-refractivity contribution in [1.29, 1.82) is 0 Å². The molecule has 1 atom stereocenters. The number of carbonyl (C=O) groups is 1. The fraction of sp³-hybridized carbons (Fsp3) is 0.471. The van der Waals surface area contributed by atoms with E-state index in [-0.39, 0.29) is 11.8 Å². The summed E-state index contributed by atoms with van der Waals surface area (Å²) in [6.07, 6.45) is 2.81. The predicted octanol–water partition coefficient (Wildman–Crippen LogP) is 3.09. The van der Waals surface area contributed by atoms with Crippen molar-refractivity contribution in [2.75, 3.05) is 0 Å². The molecule has 0 bridgehead atoms. The summed E-state index contributed by atoms with van der Waals surface area (Å²) >= 11 is 0. The predicted molar refractivity (Wildman–Crippen MR) is 78.6 cm³/mol. The third kappa shape index (κ3) is 2.21. The zero-order chi connectivity index (χ0) is 14.8. The lowest BCUT2D eigenvalue weighted by atomic mass is 9.91. The van der Waals surface area contributed by atoms with Gasteiger partial charge in [-0.15, -0.1) is 0 Å². The molecule has 1 unspecified atom stereocenters. The SMILES string of the molecule is CCCCC#CN1C(=O)c2ccccc2C1(O)C(C)C. The molecule has 1 aliphatic heterocycles. The van der Waals surface area contributed by atoms with Crippen LogP contribution < -0.4 is 0 Å². The number of hydrogen-bond donors (Lipinski definition) is 1. The van der Waals surface area contributed by atoms with Crippen molar-refractivity contribution in [3.63, 3.8) is 0 Å². The normalized spacial score (nSPS) is 20.9. The molecule has 1 amide bonds. The van der Waals surface area contributed by atoms with Crippen LogP contribution in [0.5, 0.6) is 0 Å². The molecular weight excluding hydrogens is 250 g/mol. The van der Waals surface area contributed by atoms with Gasteiger partial charge in [-0.3, -0.25) is 4.79 Å². The maximum absolute atomic E-state index is 12.4. The van der Waals surface area contributed by atoms with Gasteiger partial charge in [-0.05, 0) is 12.5 Å². The fourth-order valence-corrected chi connectivity index (χ4v) is 2.49. The van der Waals surface area contributed by atoms with Gasteiger partial charge in [-0.1, -0.05) is 51.3 Å². The second-order valence-corrected chi connectivity index (χ2v) is 5.46. The lowest BCUT2D eigenvalue weighted by Crippen LogP contribution is -2.44. The molecule has 1 aromatic rings. The van der Waals surface area contributed by atoms with Crippen molar-refractivity contribution in [2.45, 2.75) is 45.8 Å². The van der Waals surface area contributed by atoms with Crippen LogP contribution in [-0.2, 0) is 5.72 Å². The molecule has 0 fully saturated rings. The fourth-order valence-electron chi connectivity index (χ4n) is 2.49. The number of aliphatic hydroxyl groups is 1. The first-order valence-electron chi connectivity index (χ1n) is 7.18. The lowest BCUT2D eigenvalue weighted by Gasteiger charge is -2.33. The zero-order valence-electron chi connectivity index (χ0n) is 12.3. The Morgan fingerprint density at radius 2 is 2.05 bits per heavy atom. The Kier molecular flexibility index (Phi) is 4.15. The van der Waals surface area contributed by atoms with Gasteiger partial charge in [-0.2, -0.15) is 0 Å². The molecule has 0 aromatic heterocycles. The van der Waals surface area contributed by atoms with Gasteiger partial charge >= 0.3 is 0 Å². The van der Waals surface area contributed by atoms with Crippen LogP contribution in [-0.4, -0.2) is 15.9 Å². The Labute approximate surface area is 120 Å². The van der Waals surface area contributed by atoms with Gasteiger partial charge in [0.15, 0.2) is 5.72 Å². The van der Waals surface area contributed by atoms with Crippen molar-refractivity contribution in [3.05, 3.63) is 35.4 Å². The molecular formula is C17H21NO2. The molecule has 1 heterocycles. The van der Waals surface area contributed by atoms with Crippen LogP contribution in [0.3, 0.4) is 0 Å². The zero-order valence-corrected chi connectivity index (χ0v) is 12.3. The second kappa shape index (κ2) is 5.68. The standard InChI is InChI=1S/C17H21NO2/c1-4-5-6-9-12-18-16(19)14-10-7-8-11-15(14)17(18,20)13(2)3/h7-8,10-11,13,20H,4-6H2,1-3H3. The van der Waals surface area contributed by atoms with Crippen LogP contribution in [0.25, 0.3) is 0 Å². The molecule has 0 saturated heterocycles. The van der Waals surface area contributed by atoms with Crippen LogP contribution in [0.15, 0.2) is 24.3 Å². The summed E-state index contributed by atoms with van der Waals surface area (Å²) in [5.41, 5.74) is -0.120. The minimum absolute atomic E-state index is 0.129. The molecule has 3 nitrogen and oxygen atoms in total. The third-order valence-corrected chi connectivity index (χ3v) is 3.75. The molecule has 20 heavy (non-hydrogen) atoms. The summed E-state index contributed by atoms with van der Waals surface area (Å²) in [7, 11) is 0. The van der Waals surface area contributed by atoms with Gasteiger partial charge in [0.05, 0.1) is 0 Å². The van der Waals surface area contributed by atoms with E-state index in [4.69, 9.17) is 0 Å². The molecule has 0 saturated carbocycles. The quantitative estimate of drug-likeness (QED) is 0.678. The summed E-state index contributed by atoms with van der Waals surface area (Å²) in [6.45, 7) is 5.90. The van der Waals surface area contributed by atoms with Crippen LogP contribution >= 0.6 is 0 Å². The maximum Gasteiger partial charge on any atom is 0.268 e. The smallest absolute Gasteiger partial charge is 0.268 e. The molecule has 1 aliphatic rings. The Hall–Kier alpha value is -1.79. The van der Waals surface area contributed by atoms with Crippen LogP contribution in [0, 0.1) is 17.9 Å². The first-order valence-corrected chi connectivity index (χ1v) is 7.18. The number of benzene rings is 1. The van der Waals surface area contributed by atoms with E-state index in [1.165, 1.54) is 4.90 Å². The van der Waals surface area contributed by atoms with E-state index in [0.717, 1.165) is 19.3 Å². The van der Waals surface area contributed by atoms with Crippen molar-refractivity contribution < 1.29 is 9.90 Å². The largest absolute Gasteiger partial charge is 0.366 e. The van der Waals surface area contributed by atoms with Gasteiger partial charge < -0.3 is 5.11 Å². The Morgan fingerprint density at radius 1 is 1.35 bits per heavy atom. The van der Waals surface area contributed by atoms with Crippen molar-refractivity contribution in [1.82, 2.24) is 4.90 Å². The van der Waals surface area contributed by atoms with Crippen LogP contribution in [0.4, 0.5) is 0 Å². The van der Waals surface area contributed by atoms with Gasteiger partial charge in [0.1, 0.15) is 0 Å². The lowest BCUT2D eigenvalue weighted by molar-refractivity contribution is -0.0933. The van der Waals surface area contributed by atoms with Gasteiger partial charge in [0.25, 0.3) is 5.91 Å². The number of carbonyl (C=O) groups excluding carboxylic acids is 1. The Bertz CT molecular complexity index is 568. The Morgan fingerprint density at radius 3 is 2.70 bits per heavy atom. The van der Waals surface area contributed by atoms with Gasteiger partial charge in [0.2, 0.25) is 0 Å². The van der Waals surface area contributed by atoms with E-state index in [1.54, 1.807) is 12.1 Å². The van der Waals surface area contributed by atoms with E-state index in [2.05, 4.69) is 18.9 Å². The highest BCUT2D eigenvalue weighted by molar-refractivity contribution is 6.00. The number of nitrogens with zero attached hydrogens (tertiary/aromatic N) is 1. The highest BCUT2D eigenvalue weighted by Gasteiger charge is 2.50. The summed E-state index contributed by atoms with van der Waals surface area (Å²) in [4.78, 5) is 13.7. The minimum Gasteiger partial charge on any atom is -0.366 e. The van der Waals surface area contributed by atoms with E-state index in [1.807, 2.05) is 26.0 Å². The van der Waals surface area contributed by atoms with Crippen molar-refractivity contribution in [3.8, 4) is 12.0 Å².